The van der Waals surface area contributed by atoms with Crippen molar-refractivity contribution in [2.45, 2.75) is 38.2 Å². The summed E-state index contributed by atoms with van der Waals surface area (Å²) in [4.78, 5) is 12.3. The van der Waals surface area contributed by atoms with Crippen molar-refractivity contribution in [3.05, 3.63) is 35.6 Å². The third-order valence-electron chi connectivity index (χ3n) is 3.97. The van der Waals surface area contributed by atoms with Crippen molar-refractivity contribution < 1.29 is 23.8 Å². The number of carbonyl (C=O) groups excluding carboxylic acids is 1. The van der Waals surface area contributed by atoms with Crippen LogP contribution in [0, 0.1) is 11.7 Å². The molecule has 122 valence electrons. The topological polar surface area (TPSA) is 55.8 Å². The lowest BCUT2D eigenvalue weighted by molar-refractivity contribution is -0.157. The van der Waals surface area contributed by atoms with E-state index in [-0.39, 0.29) is 25.6 Å². The van der Waals surface area contributed by atoms with Crippen LogP contribution in [0.4, 0.5) is 4.39 Å². The van der Waals surface area contributed by atoms with Crippen LogP contribution in [-0.2, 0) is 19.7 Å². The second-order valence-corrected chi connectivity index (χ2v) is 6.79. The normalized spacial score (nSPS) is 25.2. The number of hydrogen-bond acceptors (Lipinski definition) is 4. The number of halogens is 1. The Morgan fingerprint density at radius 2 is 2.14 bits per heavy atom. The summed E-state index contributed by atoms with van der Waals surface area (Å²) in [5.41, 5.74) is -1.10. The largest absolute Gasteiger partial charge is 0.460 e. The molecule has 1 aromatic carbocycles. The number of benzene rings is 1. The smallest absolute Gasteiger partial charge is 0.307 e. The molecule has 0 spiro atoms. The molecule has 1 aliphatic rings. The van der Waals surface area contributed by atoms with Crippen LogP contribution < -0.4 is 0 Å². The van der Waals surface area contributed by atoms with Gasteiger partial charge in [0.05, 0.1) is 19.6 Å². The predicted octanol–water partition coefficient (Wildman–Crippen LogP) is 2.43. The van der Waals surface area contributed by atoms with Crippen LogP contribution >= 0.6 is 0 Å². The Hall–Kier alpha value is -1.46. The lowest BCUT2D eigenvalue weighted by Gasteiger charge is -2.34. The molecule has 0 radical (unpaired) electrons. The fourth-order valence-electron chi connectivity index (χ4n) is 2.98. The monoisotopic (exact) mass is 310 g/mol. The molecule has 1 saturated heterocycles. The van der Waals surface area contributed by atoms with Gasteiger partial charge in [0.15, 0.2) is 0 Å². The summed E-state index contributed by atoms with van der Waals surface area (Å²) in [6.07, 6.45) is -0.0174. The lowest BCUT2D eigenvalue weighted by Crippen LogP contribution is -2.41. The summed E-state index contributed by atoms with van der Waals surface area (Å²) in [6, 6.07) is 6.34. The molecule has 0 bridgehead atoms. The van der Waals surface area contributed by atoms with Gasteiger partial charge in [-0.2, -0.15) is 0 Å². The zero-order chi connectivity index (χ0) is 16.4. The molecule has 1 fully saturated rings. The molecule has 0 aliphatic carbocycles. The molecular weight excluding hydrogens is 287 g/mol. The minimum absolute atomic E-state index is 0.0174. The molecular formula is C17H23FO4. The van der Waals surface area contributed by atoms with E-state index in [1.165, 1.54) is 6.07 Å². The molecule has 1 N–H and O–H groups in total. The first-order chi connectivity index (χ1) is 10.3. The molecule has 1 aliphatic heterocycles. The van der Waals surface area contributed by atoms with Crippen LogP contribution in [0.15, 0.2) is 24.3 Å². The number of hydrogen-bond donors (Lipinski definition) is 1. The van der Waals surface area contributed by atoms with Crippen LogP contribution in [0.3, 0.4) is 0 Å². The fourth-order valence-corrected chi connectivity index (χ4v) is 2.98. The quantitative estimate of drug-likeness (QED) is 0.868. The molecule has 1 aromatic rings. The molecule has 0 saturated carbocycles. The van der Waals surface area contributed by atoms with Crippen LogP contribution in [0.2, 0.25) is 0 Å². The van der Waals surface area contributed by atoms with Crippen LogP contribution in [0.25, 0.3) is 0 Å². The Morgan fingerprint density at radius 3 is 2.73 bits per heavy atom. The first-order valence-electron chi connectivity index (χ1n) is 7.44. The predicted molar refractivity (Wildman–Crippen MR) is 79.9 cm³/mol. The van der Waals surface area contributed by atoms with E-state index in [1.807, 2.05) is 0 Å². The summed E-state index contributed by atoms with van der Waals surface area (Å²) in [6.45, 7) is 5.68. The van der Waals surface area contributed by atoms with E-state index in [1.54, 1.807) is 39.0 Å². The van der Waals surface area contributed by atoms with Gasteiger partial charge < -0.3 is 14.6 Å². The van der Waals surface area contributed by atoms with Crippen molar-refractivity contribution in [2.75, 3.05) is 19.8 Å². The summed E-state index contributed by atoms with van der Waals surface area (Å²) in [5, 5.41) is 9.64. The van der Waals surface area contributed by atoms with Gasteiger partial charge in [-0.25, -0.2) is 4.39 Å². The summed E-state index contributed by atoms with van der Waals surface area (Å²) in [7, 11) is 0. The van der Waals surface area contributed by atoms with Crippen LogP contribution in [0.1, 0.15) is 32.8 Å². The van der Waals surface area contributed by atoms with E-state index in [9.17, 15) is 14.3 Å². The third-order valence-corrected chi connectivity index (χ3v) is 3.97. The molecule has 4 nitrogen and oxygen atoms in total. The average molecular weight is 310 g/mol. The highest BCUT2D eigenvalue weighted by molar-refractivity contribution is 5.72. The maximum Gasteiger partial charge on any atom is 0.307 e. The van der Waals surface area contributed by atoms with Gasteiger partial charge in [-0.15, -0.1) is 0 Å². The number of aliphatic hydroxyl groups excluding tert-OH is 1. The highest BCUT2D eigenvalue weighted by Gasteiger charge is 2.48. The summed E-state index contributed by atoms with van der Waals surface area (Å²) >= 11 is 0. The number of aliphatic hydroxyl groups is 1. The van der Waals surface area contributed by atoms with Gasteiger partial charge in [0.2, 0.25) is 0 Å². The molecule has 0 amide bonds. The lowest BCUT2D eigenvalue weighted by atomic mass is 9.70. The zero-order valence-electron chi connectivity index (χ0n) is 13.3. The van der Waals surface area contributed by atoms with Crippen molar-refractivity contribution in [3.8, 4) is 0 Å². The van der Waals surface area contributed by atoms with Crippen LogP contribution in [-0.4, -0.2) is 36.5 Å². The number of carbonyl (C=O) groups is 1. The zero-order valence-corrected chi connectivity index (χ0v) is 13.3. The number of esters is 1. The minimum Gasteiger partial charge on any atom is -0.460 e. The van der Waals surface area contributed by atoms with Crippen molar-refractivity contribution >= 4 is 5.97 Å². The Labute approximate surface area is 130 Å². The standard InChI is InChI=1S/C17H23FO4/c1-16(2,3)22-15(20)8-17(11-21-10-12(17)9-19)13-6-4-5-7-14(13)18/h4-7,12,19H,8-11H2,1-3H3/t12-,17-/m1/s1. The molecule has 0 unspecified atom stereocenters. The van der Waals surface area contributed by atoms with Crippen molar-refractivity contribution in [1.82, 2.24) is 0 Å². The van der Waals surface area contributed by atoms with E-state index in [2.05, 4.69) is 0 Å². The first-order valence-corrected chi connectivity index (χ1v) is 7.44. The van der Waals surface area contributed by atoms with Crippen LogP contribution in [0.5, 0.6) is 0 Å². The Bertz CT molecular complexity index is 538. The molecule has 22 heavy (non-hydrogen) atoms. The SMILES string of the molecule is CC(C)(C)OC(=O)C[C@@]1(c2ccccc2F)COC[C@H]1CO. The summed E-state index contributed by atoms with van der Waals surface area (Å²) < 4.78 is 25.1. The second-order valence-electron chi connectivity index (χ2n) is 6.79. The van der Waals surface area contributed by atoms with E-state index < -0.39 is 22.8 Å². The van der Waals surface area contributed by atoms with Gasteiger partial charge in [0.25, 0.3) is 0 Å². The maximum atomic E-state index is 14.3. The third kappa shape index (κ3) is 3.47. The van der Waals surface area contributed by atoms with Gasteiger partial charge >= 0.3 is 5.97 Å². The van der Waals surface area contributed by atoms with Gasteiger partial charge in [0.1, 0.15) is 11.4 Å². The van der Waals surface area contributed by atoms with E-state index >= 15 is 0 Å². The van der Waals surface area contributed by atoms with E-state index in [0.717, 1.165) is 0 Å². The van der Waals surface area contributed by atoms with Crippen molar-refractivity contribution in [3.63, 3.8) is 0 Å². The molecule has 0 aromatic heterocycles. The minimum atomic E-state index is -0.886. The second kappa shape index (κ2) is 6.34. The Kier molecular flexibility index (Phi) is 4.87. The Balaban J connectivity index is 2.36. The van der Waals surface area contributed by atoms with Gasteiger partial charge in [-0.3, -0.25) is 4.79 Å². The molecule has 2 atom stereocenters. The summed E-state index contributed by atoms with van der Waals surface area (Å²) in [5.74, 6) is -1.15. The van der Waals surface area contributed by atoms with E-state index in [0.29, 0.717) is 12.2 Å². The molecule has 1 heterocycles. The van der Waals surface area contributed by atoms with Gasteiger partial charge in [-0.1, -0.05) is 18.2 Å². The number of rotatable bonds is 4. The maximum absolute atomic E-state index is 14.3. The number of ether oxygens (including phenoxy) is 2. The van der Waals surface area contributed by atoms with Gasteiger partial charge in [-0.05, 0) is 32.4 Å². The van der Waals surface area contributed by atoms with Gasteiger partial charge in [0, 0.05) is 17.9 Å². The fraction of sp³-hybridized carbons (Fsp3) is 0.588. The van der Waals surface area contributed by atoms with E-state index in [4.69, 9.17) is 9.47 Å². The highest BCUT2D eigenvalue weighted by atomic mass is 19.1. The van der Waals surface area contributed by atoms with Crippen molar-refractivity contribution in [2.24, 2.45) is 5.92 Å². The molecule has 5 heteroatoms. The average Bonchev–Trinajstić information content (AvgIpc) is 2.80. The molecule has 2 rings (SSSR count). The first kappa shape index (κ1) is 16.9. The highest BCUT2D eigenvalue weighted by Crippen LogP contribution is 2.42. The Morgan fingerprint density at radius 1 is 1.45 bits per heavy atom. The van der Waals surface area contributed by atoms with Crippen molar-refractivity contribution in [1.29, 1.82) is 0 Å².